The van der Waals surface area contributed by atoms with E-state index in [4.69, 9.17) is 11.6 Å². The molecule has 154 valence electrons. The lowest BCUT2D eigenvalue weighted by Crippen LogP contribution is -2.11. The molecule has 4 aromatic rings. The number of anilines is 2. The number of nitrogens with zero attached hydrogens (tertiary/aromatic N) is 2. The van der Waals surface area contributed by atoms with E-state index in [0.29, 0.717) is 32.0 Å². The Morgan fingerprint density at radius 2 is 1.71 bits per heavy atom. The van der Waals surface area contributed by atoms with E-state index in [-0.39, 0.29) is 11.7 Å². The van der Waals surface area contributed by atoms with E-state index in [0.717, 1.165) is 5.56 Å². The molecule has 0 atom stereocenters. The molecule has 2 N–H and O–H groups in total. The fourth-order valence-electron chi connectivity index (χ4n) is 2.73. The molecule has 1 heterocycles. The van der Waals surface area contributed by atoms with Crippen molar-refractivity contribution >= 4 is 45.2 Å². The summed E-state index contributed by atoms with van der Waals surface area (Å²) in [4.78, 5) is 17.2. The first kappa shape index (κ1) is 20.7. The molecule has 3 aromatic carbocycles. The molecule has 5 nitrogen and oxygen atoms in total. The van der Waals surface area contributed by atoms with Crippen LogP contribution in [-0.4, -0.2) is 17.1 Å². The van der Waals surface area contributed by atoms with Crippen LogP contribution in [0.25, 0.3) is 11.3 Å². The van der Waals surface area contributed by atoms with Gasteiger partial charge in [0.1, 0.15) is 16.5 Å². The quantitative estimate of drug-likeness (QED) is 0.267. The molecule has 31 heavy (non-hydrogen) atoms. The Kier molecular flexibility index (Phi) is 6.35. The molecule has 0 radical (unpaired) electrons. The van der Waals surface area contributed by atoms with Gasteiger partial charge in [0.05, 0.1) is 6.21 Å². The second kappa shape index (κ2) is 9.51. The number of nitrogens with one attached hydrogen (secondary N) is 2. The van der Waals surface area contributed by atoms with Gasteiger partial charge in [0.15, 0.2) is 0 Å². The highest BCUT2D eigenvalue weighted by Gasteiger charge is 2.16. The number of hydrazone groups is 1. The number of rotatable bonds is 6. The molecule has 1 amide bonds. The maximum absolute atomic E-state index is 13.4. The van der Waals surface area contributed by atoms with Gasteiger partial charge >= 0.3 is 0 Å². The summed E-state index contributed by atoms with van der Waals surface area (Å²) in [5, 5.41) is 8.75. The molecule has 0 spiro atoms. The number of hydrogen-bond acceptors (Lipinski definition) is 5. The van der Waals surface area contributed by atoms with Crippen molar-refractivity contribution in [3.63, 3.8) is 0 Å². The van der Waals surface area contributed by atoms with E-state index in [1.165, 1.54) is 23.5 Å². The van der Waals surface area contributed by atoms with E-state index in [9.17, 15) is 9.18 Å². The molecule has 1 aromatic heterocycles. The van der Waals surface area contributed by atoms with Gasteiger partial charge in [-0.3, -0.25) is 10.2 Å². The van der Waals surface area contributed by atoms with Crippen LogP contribution < -0.4 is 10.7 Å². The number of amides is 1. The van der Waals surface area contributed by atoms with Crippen LogP contribution in [0.2, 0.25) is 5.02 Å². The third kappa shape index (κ3) is 5.33. The van der Waals surface area contributed by atoms with Crippen molar-refractivity contribution in [2.45, 2.75) is 0 Å². The number of halogens is 2. The highest BCUT2D eigenvalue weighted by Crippen LogP contribution is 2.36. The Morgan fingerprint density at radius 1 is 1.00 bits per heavy atom. The fraction of sp³-hybridized carbons (Fsp3) is 0. The molecule has 0 unspecified atom stereocenters. The number of hydrogen-bond donors (Lipinski definition) is 2. The number of carbonyl (C=O) groups is 1. The Morgan fingerprint density at radius 3 is 2.42 bits per heavy atom. The molecular weight excluding hydrogens is 435 g/mol. The van der Waals surface area contributed by atoms with Crippen molar-refractivity contribution in [2.75, 3.05) is 10.7 Å². The van der Waals surface area contributed by atoms with E-state index in [1.54, 1.807) is 54.7 Å². The van der Waals surface area contributed by atoms with Crippen LogP contribution in [0.3, 0.4) is 0 Å². The van der Waals surface area contributed by atoms with E-state index in [2.05, 4.69) is 20.8 Å². The summed E-state index contributed by atoms with van der Waals surface area (Å²) in [6, 6.07) is 22.0. The molecule has 4 rings (SSSR count). The third-order valence-corrected chi connectivity index (χ3v) is 5.38. The number of benzene rings is 3. The summed E-state index contributed by atoms with van der Waals surface area (Å²) >= 11 is 7.13. The van der Waals surface area contributed by atoms with Gasteiger partial charge < -0.3 is 5.32 Å². The summed E-state index contributed by atoms with van der Waals surface area (Å²) in [5.41, 5.74) is 5.47. The van der Waals surface area contributed by atoms with Gasteiger partial charge in [-0.1, -0.05) is 53.3 Å². The highest BCUT2D eigenvalue weighted by molar-refractivity contribution is 7.20. The summed E-state index contributed by atoms with van der Waals surface area (Å²) < 4.78 is 13.4. The van der Waals surface area contributed by atoms with Crippen molar-refractivity contribution < 1.29 is 9.18 Å². The van der Waals surface area contributed by atoms with Gasteiger partial charge in [-0.25, -0.2) is 9.37 Å². The van der Waals surface area contributed by atoms with Crippen LogP contribution in [-0.2, 0) is 0 Å². The van der Waals surface area contributed by atoms with Gasteiger partial charge in [-0.15, -0.1) is 0 Å². The predicted molar refractivity (Wildman–Crippen MR) is 125 cm³/mol. The number of carbonyl (C=O) groups excluding carboxylic acids is 1. The summed E-state index contributed by atoms with van der Waals surface area (Å²) in [5.74, 6) is -0.608. The molecular formula is C23H16ClFN4OS. The molecule has 0 saturated heterocycles. The second-order valence-corrected chi connectivity index (χ2v) is 7.88. The Balaban J connectivity index is 1.59. The summed E-state index contributed by atoms with van der Waals surface area (Å²) in [6.07, 6.45) is 1.64. The minimum atomic E-state index is -0.347. The normalized spacial score (nSPS) is 10.9. The standard InChI is InChI=1S/C23H16ClFN4OS/c24-18-10-6-15(7-11-18)14-26-29-23-27-20(16-8-12-19(25)13-9-16)22(31-23)28-21(30)17-4-2-1-3-5-17/h1-14H,(H,27,29)(H,28,30)/b26-14-. The second-order valence-electron chi connectivity index (χ2n) is 6.45. The SMILES string of the molecule is O=C(Nc1sc(N/N=C\c2ccc(Cl)cc2)nc1-c1ccc(F)cc1)c1ccccc1. The minimum Gasteiger partial charge on any atom is -0.312 e. The first-order valence-corrected chi connectivity index (χ1v) is 10.5. The van der Waals surface area contributed by atoms with E-state index in [1.807, 2.05) is 18.2 Å². The largest absolute Gasteiger partial charge is 0.312 e. The average molecular weight is 451 g/mol. The van der Waals surface area contributed by atoms with Gasteiger partial charge in [-0.2, -0.15) is 5.10 Å². The van der Waals surface area contributed by atoms with Crippen molar-refractivity contribution in [3.8, 4) is 11.3 Å². The van der Waals surface area contributed by atoms with Gasteiger partial charge in [0.2, 0.25) is 5.13 Å². The average Bonchev–Trinajstić information content (AvgIpc) is 3.18. The zero-order valence-electron chi connectivity index (χ0n) is 16.0. The first-order valence-electron chi connectivity index (χ1n) is 9.26. The summed E-state index contributed by atoms with van der Waals surface area (Å²) in [7, 11) is 0. The molecule has 0 aliphatic heterocycles. The van der Waals surface area contributed by atoms with Crippen molar-refractivity contribution in [2.24, 2.45) is 5.10 Å². The Labute approximate surface area is 187 Å². The molecule has 0 fully saturated rings. The lowest BCUT2D eigenvalue weighted by Gasteiger charge is -2.05. The van der Waals surface area contributed by atoms with Crippen LogP contribution in [0.4, 0.5) is 14.5 Å². The molecule has 0 aliphatic carbocycles. The monoisotopic (exact) mass is 450 g/mol. The van der Waals surface area contributed by atoms with Gasteiger partial charge in [-0.05, 0) is 54.1 Å². The minimum absolute atomic E-state index is 0.260. The maximum Gasteiger partial charge on any atom is 0.256 e. The Bertz CT molecular complexity index is 1210. The maximum atomic E-state index is 13.4. The van der Waals surface area contributed by atoms with Crippen molar-refractivity contribution in [1.82, 2.24) is 4.98 Å². The van der Waals surface area contributed by atoms with Crippen LogP contribution >= 0.6 is 22.9 Å². The summed E-state index contributed by atoms with van der Waals surface area (Å²) in [6.45, 7) is 0. The fourth-order valence-corrected chi connectivity index (χ4v) is 3.69. The zero-order chi connectivity index (χ0) is 21.6. The molecule has 0 bridgehead atoms. The predicted octanol–water partition coefficient (Wildman–Crippen LogP) is 6.30. The molecule has 8 heteroatoms. The lowest BCUT2D eigenvalue weighted by atomic mass is 10.1. The zero-order valence-corrected chi connectivity index (χ0v) is 17.6. The van der Waals surface area contributed by atoms with Crippen molar-refractivity contribution in [1.29, 1.82) is 0 Å². The number of thiazole rings is 1. The van der Waals surface area contributed by atoms with Gasteiger partial charge in [0.25, 0.3) is 5.91 Å². The van der Waals surface area contributed by atoms with E-state index >= 15 is 0 Å². The highest BCUT2D eigenvalue weighted by atomic mass is 35.5. The van der Waals surface area contributed by atoms with E-state index < -0.39 is 0 Å². The van der Waals surface area contributed by atoms with Gasteiger partial charge in [0, 0.05) is 16.1 Å². The van der Waals surface area contributed by atoms with Crippen LogP contribution in [0.5, 0.6) is 0 Å². The molecule has 0 saturated carbocycles. The van der Waals surface area contributed by atoms with Crippen molar-refractivity contribution in [3.05, 3.63) is 101 Å². The molecule has 0 aliphatic rings. The Hall–Kier alpha value is -3.55. The first-order chi connectivity index (χ1) is 15.1. The topological polar surface area (TPSA) is 66.4 Å². The van der Waals surface area contributed by atoms with Crippen LogP contribution in [0, 0.1) is 5.82 Å². The smallest absolute Gasteiger partial charge is 0.256 e. The number of aromatic nitrogens is 1. The van der Waals surface area contributed by atoms with Crippen LogP contribution in [0.15, 0.2) is 84.0 Å². The third-order valence-electron chi connectivity index (χ3n) is 4.25. The van der Waals surface area contributed by atoms with Crippen LogP contribution in [0.1, 0.15) is 15.9 Å². The lowest BCUT2D eigenvalue weighted by molar-refractivity contribution is 0.102.